The van der Waals surface area contributed by atoms with Gasteiger partial charge in [0.2, 0.25) is 0 Å². The first kappa shape index (κ1) is 16.5. The predicted molar refractivity (Wildman–Crippen MR) is 62.3 cm³/mol. The summed E-state index contributed by atoms with van der Waals surface area (Å²) in [6, 6.07) is -1.07. The maximum absolute atomic E-state index is 12.3. The van der Waals surface area contributed by atoms with Gasteiger partial charge in [-0.2, -0.15) is 13.2 Å². The van der Waals surface area contributed by atoms with Gasteiger partial charge in [0, 0.05) is 13.2 Å². The molecule has 20 heavy (non-hydrogen) atoms. The Balaban J connectivity index is 2.56. The standard InChI is InChI=1S/C11H17F3N2O4/c1-10(3-2-4-20-10)6-15-9(19)16(5-8(17)18)7-11(12,13)14/h2-7H2,1H3,(H,15,19)(H,17,18). The molecular weight excluding hydrogens is 281 g/mol. The zero-order valence-electron chi connectivity index (χ0n) is 11.0. The first-order chi connectivity index (χ1) is 9.11. The second-order valence-corrected chi connectivity index (χ2v) is 4.93. The number of carboxylic acid groups (broad SMARTS) is 1. The lowest BCUT2D eigenvalue weighted by Crippen LogP contribution is -2.50. The fourth-order valence-corrected chi connectivity index (χ4v) is 1.93. The highest BCUT2D eigenvalue weighted by Gasteiger charge is 2.35. The topological polar surface area (TPSA) is 78.9 Å². The van der Waals surface area contributed by atoms with Crippen LogP contribution < -0.4 is 5.32 Å². The molecule has 0 aromatic carbocycles. The smallest absolute Gasteiger partial charge is 0.406 e. The molecule has 0 spiro atoms. The summed E-state index contributed by atoms with van der Waals surface area (Å²) in [5, 5.41) is 10.8. The molecule has 9 heteroatoms. The fourth-order valence-electron chi connectivity index (χ4n) is 1.93. The van der Waals surface area contributed by atoms with Gasteiger partial charge in [0.05, 0.1) is 5.60 Å². The predicted octanol–water partition coefficient (Wildman–Crippen LogP) is 1.21. The molecule has 1 aliphatic heterocycles. The number of hydrogen-bond acceptors (Lipinski definition) is 3. The van der Waals surface area contributed by atoms with Crippen molar-refractivity contribution < 1.29 is 32.6 Å². The number of ether oxygens (including phenoxy) is 1. The summed E-state index contributed by atoms with van der Waals surface area (Å²) in [7, 11) is 0. The summed E-state index contributed by atoms with van der Waals surface area (Å²) in [6.07, 6.45) is -3.15. The molecule has 1 aliphatic rings. The minimum Gasteiger partial charge on any atom is -0.480 e. The normalized spacial score (nSPS) is 22.6. The Bertz CT molecular complexity index is 367. The van der Waals surface area contributed by atoms with Gasteiger partial charge in [-0.1, -0.05) is 0 Å². The first-order valence-corrected chi connectivity index (χ1v) is 6.07. The van der Waals surface area contributed by atoms with Gasteiger partial charge in [-0.15, -0.1) is 0 Å². The largest absolute Gasteiger partial charge is 0.480 e. The van der Waals surface area contributed by atoms with Crippen LogP contribution in [0.2, 0.25) is 0 Å². The van der Waals surface area contributed by atoms with E-state index < -0.39 is 36.9 Å². The number of carboxylic acids is 1. The van der Waals surface area contributed by atoms with Crippen LogP contribution in [0.3, 0.4) is 0 Å². The third kappa shape index (κ3) is 5.64. The van der Waals surface area contributed by atoms with Gasteiger partial charge in [-0.05, 0) is 19.8 Å². The Kier molecular flexibility index (Phi) is 5.21. The van der Waals surface area contributed by atoms with E-state index >= 15 is 0 Å². The quantitative estimate of drug-likeness (QED) is 0.800. The van der Waals surface area contributed by atoms with E-state index in [0.717, 1.165) is 6.42 Å². The summed E-state index contributed by atoms with van der Waals surface area (Å²) in [4.78, 5) is 22.4. The van der Waals surface area contributed by atoms with Crippen LogP contribution in [0.15, 0.2) is 0 Å². The molecule has 1 fully saturated rings. The molecule has 1 heterocycles. The van der Waals surface area contributed by atoms with Gasteiger partial charge >= 0.3 is 18.2 Å². The molecule has 0 aromatic rings. The van der Waals surface area contributed by atoms with Crippen molar-refractivity contribution in [2.75, 3.05) is 26.2 Å². The lowest BCUT2D eigenvalue weighted by Gasteiger charge is -2.27. The molecule has 2 amide bonds. The van der Waals surface area contributed by atoms with E-state index in [1.807, 2.05) is 0 Å². The average molecular weight is 298 g/mol. The minimum atomic E-state index is -4.65. The van der Waals surface area contributed by atoms with Crippen LogP contribution in [-0.4, -0.2) is 60.0 Å². The van der Waals surface area contributed by atoms with Crippen LogP contribution in [0.5, 0.6) is 0 Å². The van der Waals surface area contributed by atoms with Crippen molar-refractivity contribution in [3.05, 3.63) is 0 Å². The van der Waals surface area contributed by atoms with E-state index in [9.17, 15) is 22.8 Å². The summed E-state index contributed by atoms with van der Waals surface area (Å²) >= 11 is 0. The summed E-state index contributed by atoms with van der Waals surface area (Å²) < 4.78 is 42.3. The Hall–Kier alpha value is -1.51. The maximum Gasteiger partial charge on any atom is 0.406 e. The number of carbonyl (C=O) groups excluding carboxylic acids is 1. The fraction of sp³-hybridized carbons (Fsp3) is 0.818. The number of amides is 2. The molecule has 0 aliphatic carbocycles. The monoisotopic (exact) mass is 298 g/mol. The number of nitrogens with zero attached hydrogens (tertiary/aromatic N) is 1. The lowest BCUT2D eigenvalue weighted by atomic mass is 10.0. The average Bonchev–Trinajstić information content (AvgIpc) is 2.70. The second-order valence-electron chi connectivity index (χ2n) is 4.93. The van der Waals surface area contributed by atoms with Crippen molar-refractivity contribution in [1.82, 2.24) is 10.2 Å². The van der Waals surface area contributed by atoms with E-state index in [-0.39, 0.29) is 11.4 Å². The highest BCUT2D eigenvalue weighted by molar-refractivity contribution is 5.80. The highest BCUT2D eigenvalue weighted by atomic mass is 19.4. The van der Waals surface area contributed by atoms with Crippen LogP contribution in [0.1, 0.15) is 19.8 Å². The minimum absolute atomic E-state index is 0.0415. The summed E-state index contributed by atoms with van der Waals surface area (Å²) in [5.74, 6) is -1.51. The molecule has 2 N–H and O–H groups in total. The molecule has 1 unspecified atom stereocenters. The van der Waals surface area contributed by atoms with Crippen molar-refractivity contribution in [1.29, 1.82) is 0 Å². The van der Waals surface area contributed by atoms with E-state index in [4.69, 9.17) is 9.84 Å². The number of rotatable bonds is 5. The van der Waals surface area contributed by atoms with Gasteiger partial charge in [-0.3, -0.25) is 4.79 Å². The number of urea groups is 1. The molecule has 0 saturated carbocycles. The number of nitrogens with one attached hydrogen (secondary N) is 1. The van der Waals surface area contributed by atoms with Crippen molar-refractivity contribution in [2.24, 2.45) is 0 Å². The molecule has 1 saturated heterocycles. The van der Waals surface area contributed by atoms with Crippen LogP contribution in [0, 0.1) is 0 Å². The van der Waals surface area contributed by atoms with Gasteiger partial charge in [0.25, 0.3) is 0 Å². The van der Waals surface area contributed by atoms with Crippen LogP contribution in [-0.2, 0) is 9.53 Å². The van der Waals surface area contributed by atoms with Gasteiger partial charge < -0.3 is 20.1 Å². The van der Waals surface area contributed by atoms with Crippen LogP contribution in [0.4, 0.5) is 18.0 Å². The van der Waals surface area contributed by atoms with Gasteiger partial charge in [0.1, 0.15) is 13.1 Å². The molecule has 1 atom stereocenters. The Morgan fingerprint density at radius 3 is 2.55 bits per heavy atom. The van der Waals surface area contributed by atoms with E-state index in [0.29, 0.717) is 13.0 Å². The number of carbonyl (C=O) groups is 2. The third-order valence-corrected chi connectivity index (χ3v) is 2.90. The van der Waals surface area contributed by atoms with Crippen molar-refractivity contribution in [2.45, 2.75) is 31.5 Å². The summed E-state index contributed by atoms with van der Waals surface area (Å²) in [5.41, 5.74) is -0.608. The highest BCUT2D eigenvalue weighted by Crippen LogP contribution is 2.24. The molecule has 6 nitrogen and oxygen atoms in total. The molecule has 0 aromatic heterocycles. The summed E-state index contributed by atoms with van der Waals surface area (Å²) in [6.45, 7) is -0.301. The Labute approximate surface area is 113 Å². The molecule has 0 radical (unpaired) electrons. The third-order valence-electron chi connectivity index (χ3n) is 2.90. The maximum atomic E-state index is 12.3. The molecule has 116 valence electrons. The van der Waals surface area contributed by atoms with E-state index in [2.05, 4.69) is 5.32 Å². The Morgan fingerprint density at radius 1 is 1.45 bits per heavy atom. The Morgan fingerprint density at radius 2 is 2.10 bits per heavy atom. The lowest BCUT2D eigenvalue weighted by molar-refractivity contribution is -0.149. The SMILES string of the molecule is CC1(CNC(=O)N(CC(=O)O)CC(F)(F)F)CCCO1. The molecule has 0 bridgehead atoms. The number of halogens is 3. The first-order valence-electron chi connectivity index (χ1n) is 6.07. The van der Waals surface area contributed by atoms with Crippen molar-refractivity contribution in [3.63, 3.8) is 0 Å². The van der Waals surface area contributed by atoms with Crippen molar-refractivity contribution >= 4 is 12.0 Å². The van der Waals surface area contributed by atoms with E-state index in [1.165, 1.54) is 0 Å². The molecule has 1 rings (SSSR count). The van der Waals surface area contributed by atoms with E-state index in [1.54, 1.807) is 6.92 Å². The van der Waals surface area contributed by atoms with Crippen molar-refractivity contribution in [3.8, 4) is 0 Å². The van der Waals surface area contributed by atoms with Gasteiger partial charge in [-0.25, -0.2) is 4.79 Å². The van der Waals surface area contributed by atoms with Crippen LogP contribution in [0.25, 0.3) is 0 Å². The zero-order valence-corrected chi connectivity index (χ0v) is 11.0. The zero-order chi connectivity index (χ0) is 15.4. The molecular formula is C11H17F3N2O4. The number of alkyl halides is 3. The second kappa shape index (κ2) is 6.29. The van der Waals surface area contributed by atoms with Crippen LogP contribution >= 0.6 is 0 Å². The number of aliphatic carboxylic acids is 1. The van der Waals surface area contributed by atoms with Gasteiger partial charge in [0.15, 0.2) is 0 Å². The number of hydrogen-bond donors (Lipinski definition) is 2.